The van der Waals surface area contributed by atoms with Crippen LogP contribution in [-0.4, -0.2) is 22.1 Å². The van der Waals surface area contributed by atoms with E-state index in [1.807, 2.05) is 49.4 Å². The van der Waals surface area contributed by atoms with E-state index in [1.54, 1.807) is 12.3 Å². The number of aromatic amines is 1. The number of nitrogens with one attached hydrogen (secondary N) is 2. The molecule has 1 aromatic heterocycles. The van der Waals surface area contributed by atoms with Crippen molar-refractivity contribution in [3.05, 3.63) is 75.7 Å². The largest absolute Gasteiger partial charge is 0.319 e. The third-order valence-corrected chi connectivity index (χ3v) is 3.74. The Morgan fingerprint density at radius 2 is 1.96 bits per heavy atom. The lowest BCUT2D eigenvalue weighted by Gasteiger charge is -2.02. The molecule has 0 spiro atoms. The first-order valence-corrected chi connectivity index (χ1v) is 7.98. The summed E-state index contributed by atoms with van der Waals surface area (Å²) in [5.74, 6) is -0.266. The summed E-state index contributed by atoms with van der Waals surface area (Å²) in [5.41, 5.74) is 5.99. The summed E-state index contributed by atoms with van der Waals surface area (Å²) in [5, 5.41) is 3.92. The van der Waals surface area contributed by atoms with Gasteiger partial charge in [-0.05, 0) is 24.6 Å². The van der Waals surface area contributed by atoms with Gasteiger partial charge >= 0.3 is 0 Å². The number of aromatic nitrogens is 2. The molecule has 0 unspecified atom stereocenters. The van der Waals surface area contributed by atoms with E-state index in [0.29, 0.717) is 16.7 Å². The van der Waals surface area contributed by atoms with Crippen LogP contribution < -0.4 is 11.0 Å². The Bertz CT molecular complexity index is 975. The van der Waals surface area contributed by atoms with Crippen molar-refractivity contribution in [3.63, 3.8) is 0 Å². The molecule has 3 aromatic rings. The number of fused-ring (bicyclic) bond motifs is 1. The van der Waals surface area contributed by atoms with Gasteiger partial charge in [-0.3, -0.25) is 9.59 Å². The second-order valence-corrected chi connectivity index (χ2v) is 5.73. The van der Waals surface area contributed by atoms with Crippen LogP contribution in [0.15, 0.2) is 58.4 Å². The Balaban J connectivity index is 1.58. The molecular weight excluding hydrogens is 316 g/mol. The minimum atomic E-state index is -0.269. The fourth-order valence-corrected chi connectivity index (χ4v) is 2.36. The van der Waals surface area contributed by atoms with Gasteiger partial charge in [0.2, 0.25) is 5.91 Å². The second kappa shape index (κ2) is 7.53. The van der Waals surface area contributed by atoms with Crippen molar-refractivity contribution in [2.75, 3.05) is 0 Å². The van der Waals surface area contributed by atoms with Crippen LogP contribution in [0, 0.1) is 6.92 Å². The zero-order valence-corrected chi connectivity index (χ0v) is 13.8. The van der Waals surface area contributed by atoms with Gasteiger partial charge in [-0.15, -0.1) is 0 Å². The summed E-state index contributed by atoms with van der Waals surface area (Å²) in [7, 11) is 0. The number of carbonyl (C=O) groups excluding carboxylic acids is 1. The van der Waals surface area contributed by atoms with E-state index in [4.69, 9.17) is 0 Å². The lowest BCUT2D eigenvalue weighted by molar-refractivity contribution is -0.121. The van der Waals surface area contributed by atoms with Crippen LogP contribution in [0.2, 0.25) is 0 Å². The van der Waals surface area contributed by atoms with Crippen LogP contribution in [0.5, 0.6) is 0 Å². The molecule has 0 saturated carbocycles. The topological polar surface area (TPSA) is 87.2 Å². The normalized spacial score (nSPS) is 11.1. The van der Waals surface area contributed by atoms with Crippen molar-refractivity contribution in [1.82, 2.24) is 15.4 Å². The highest BCUT2D eigenvalue weighted by atomic mass is 16.2. The maximum Gasteiger partial charge on any atom is 0.270 e. The van der Waals surface area contributed by atoms with Crippen LogP contribution in [0.3, 0.4) is 0 Å². The molecule has 0 radical (unpaired) electrons. The minimum absolute atomic E-state index is 0.139. The second-order valence-electron chi connectivity index (χ2n) is 5.73. The quantitative estimate of drug-likeness (QED) is 0.554. The van der Waals surface area contributed by atoms with E-state index < -0.39 is 0 Å². The fourth-order valence-electron chi connectivity index (χ4n) is 2.36. The lowest BCUT2D eigenvalue weighted by atomic mass is 10.2. The maximum absolute atomic E-state index is 12.0. The van der Waals surface area contributed by atoms with Gasteiger partial charge in [-0.25, -0.2) is 10.4 Å². The molecule has 6 nitrogen and oxygen atoms in total. The molecule has 0 fully saturated rings. The van der Waals surface area contributed by atoms with Crippen LogP contribution in [0.4, 0.5) is 0 Å². The summed E-state index contributed by atoms with van der Waals surface area (Å²) in [6.45, 7) is 2.01. The number of hydrogen-bond acceptors (Lipinski definition) is 4. The molecule has 1 amide bonds. The van der Waals surface area contributed by atoms with Crippen molar-refractivity contribution in [2.45, 2.75) is 19.8 Å². The third kappa shape index (κ3) is 4.38. The first-order valence-electron chi connectivity index (χ1n) is 7.98. The van der Waals surface area contributed by atoms with Gasteiger partial charge in [0, 0.05) is 12.8 Å². The van der Waals surface area contributed by atoms with Gasteiger partial charge in [-0.1, -0.05) is 42.0 Å². The van der Waals surface area contributed by atoms with Crippen LogP contribution in [0.1, 0.15) is 23.2 Å². The molecular formula is C19H18N4O2. The van der Waals surface area contributed by atoms with Crippen molar-refractivity contribution < 1.29 is 4.79 Å². The molecule has 0 saturated heterocycles. The molecule has 126 valence electrons. The van der Waals surface area contributed by atoms with Crippen molar-refractivity contribution in [3.8, 4) is 0 Å². The highest BCUT2D eigenvalue weighted by Crippen LogP contribution is 2.06. The molecule has 25 heavy (non-hydrogen) atoms. The lowest BCUT2D eigenvalue weighted by Crippen LogP contribution is -2.21. The first-order chi connectivity index (χ1) is 12.1. The number of aryl methyl sites for hydroxylation is 2. The Kier molecular flexibility index (Phi) is 4.99. The third-order valence-electron chi connectivity index (χ3n) is 3.74. The number of para-hydroxylation sites is 2. The number of hydrazone groups is 1. The molecule has 0 aliphatic heterocycles. The average Bonchev–Trinajstić information content (AvgIpc) is 2.61. The smallest absolute Gasteiger partial charge is 0.270 e. The molecule has 0 bridgehead atoms. The number of benzene rings is 2. The summed E-state index contributed by atoms with van der Waals surface area (Å²) in [6.07, 6.45) is 1.98. The monoisotopic (exact) mass is 334 g/mol. The first kappa shape index (κ1) is 16.6. The summed E-state index contributed by atoms with van der Waals surface area (Å²) in [6, 6.07) is 15.1. The summed E-state index contributed by atoms with van der Waals surface area (Å²) in [4.78, 5) is 31.0. The number of rotatable bonds is 5. The van der Waals surface area contributed by atoms with E-state index in [2.05, 4.69) is 20.5 Å². The average molecular weight is 334 g/mol. The van der Waals surface area contributed by atoms with E-state index >= 15 is 0 Å². The fraction of sp³-hybridized carbons (Fsp3) is 0.158. The summed E-state index contributed by atoms with van der Waals surface area (Å²) >= 11 is 0. The van der Waals surface area contributed by atoms with E-state index in [0.717, 1.165) is 11.1 Å². The van der Waals surface area contributed by atoms with Gasteiger partial charge in [0.15, 0.2) is 0 Å². The number of nitrogens with zero attached hydrogens (tertiary/aromatic N) is 2. The van der Waals surface area contributed by atoms with E-state index in [-0.39, 0.29) is 24.3 Å². The highest BCUT2D eigenvalue weighted by Gasteiger charge is 2.07. The Morgan fingerprint density at radius 3 is 2.76 bits per heavy atom. The molecule has 2 aromatic carbocycles. The zero-order chi connectivity index (χ0) is 17.6. The maximum atomic E-state index is 12.0. The highest BCUT2D eigenvalue weighted by molar-refractivity contribution is 5.82. The Hall–Kier alpha value is -3.28. The molecule has 0 atom stereocenters. The molecule has 1 heterocycles. The van der Waals surface area contributed by atoms with Gasteiger partial charge in [0.25, 0.3) is 5.56 Å². The van der Waals surface area contributed by atoms with Gasteiger partial charge in [-0.2, -0.15) is 5.10 Å². The van der Waals surface area contributed by atoms with Gasteiger partial charge < -0.3 is 4.98 Å². The standard InChI is InChI=1S/C19H18N4O2/c1-13-6-8-14(9-7-13)12-20-23-18(24)11-10-17-19(25)22-16-5-3-2-4-15(16)21-17/h2-9,12H,10-11H2,1H3,(H,22,25)(H,23,24)/b20-12-. The molecule has 0 aliphatic rings. The van der Waals surface area contributed by atoms with E-state index in [1.165, 1.54) is 0 Å². The number of hydrogen-bond donors (Lipinski definition) is 2. The molecule has 3 rings (SSSR count). The van der Waals surface area contributed by atoms with Crippen LogP contribution >= 0.6 is 0 Å². The predicted octanol–water partition coefficient (Wildman–Crippen LogP) is 2.31. The molecule has 6 heteroatoms. The SMILES string of the molecule is Cc1ccc(/C=N\NC(=O)CCc2nc3ccccc3[nH]c2=O)cc1. The number of amides is 1. The van der Waals surface area contributed by atoms with Gasteiger partial charge in [0.1, 0.15) is 5.69 Å². The van der Waals surface area contributed by atoms with Crippen LogP contribution in [0.25, 0.3) is 11.0 Å². The Morgan fingerprint density at radius 1 is 1.20 bits per heavy atom. The Labute approximate surface area is 144 Å². The summed E-state index contributed by atoms with van der Waals surface area (Å²) < 4.78 is 0. The number of H-pyrrole nitrogens is 1. The van der Waals surface area contributed by atoms with Crippen molar-refractivity contribution in [2.24, 2.45) is 5.10 Å². The number of carbonyl (C=O) groups is 1. The van der Waals surface area contributed by atoms with E-state index in [9.17, 15) is 9.59 Å². The van der Waals surface area contributed by atoms with Crippen molar-refractivity contribution in [1.29, 1.82) is 0 Å². The molecule has 2 N–H and O–H groups in total. The molecule has 0 aliphatic carbocycles. The minimum Gasteiger partial charge on any atom is -0.319 e. The predicted molar refractivity (Wildman–Crippen MR) is 97.6 cm³/mol. The van der Waals surface area contributed by atoms with Crippen molar-refractivity contribution >= 4 is 23.2 Å². The zero-order valence-electron chi connectivity index (χ0n) is 13.8. The van der Waals surface area contributed by atoms with Crippen LogP contribution in [-0.2, 0) is 11.2 Å². The van der Waals surface area contributed by atoms with Gasteiger partial charge in [0.05, 0.1) is 17.2 Å².